The van der Waals surface area contributed by atoms with Crippen molar-refractivity contribution < 1.29 is 9.53 Å². The number of nitrogens with one attached hydrogen (secondary N) is 1. The lowest BCUT2D eigenvalue weighted by Crippen LogP contribution is -2.28. The van der Waals surface area contributed by atoms with E-state index in [0.29, 0.717) is 17.5 Å². The summed E-state index contributed by atoms with van der Waals surface area (Å²) in [7, 11) is 1.34. The van der Waals surface area contributed by atoms with E-state index in [0.717, 1.165) is 29.9 Å². The first-order valence-corrected chi connectivity index (χ1v) is 8.56. The van der Waals surface area contributed by atoms with Gasteiger partial charge in [0.2, 0.25) is 0 Å². The van der Waals surface area contributed by atoms with Crippen molar-refractivity contribution in [2.24, 2.45) is 0 Å². The molecule has 3 rings (SSSR count). The zero-order chi connectivity index (χ0) is 17.1. The van der Waals surface area contributed by atoms with E-state index in [4.69, 9.17) is 4.74 Å². The van der Waals surface area contributed by atoms with Crippen LogP contribution in [0.3, 0.4) is 0 Å². The largest absolute Gasteiger partial charge is 0.465 e. The van der Waals surface area contributed by atoms with E-state index in [2.05, 4.69) is 9.88 Å². The number of rotatable bonds is 3. The van der Waals surface area contributed by atoms with Gasteiger partial charge in [-0.3, -0.25) is 9.69 Å². The van der Waals surface area contributed by atoms with Crippen LogP contribution >= 0.6 is 0 Å². The number of hydrogen-bond donors (Lipinski definition) is 1. The summed E-state index contributed by atoms with van der Waals surface area (Å²) in [6.07, 6.45) is 4.92. The van der Waals surface area contributed by atoms with Gasteiger partial charge in [-0.15, -0.1) is 0 Å². The van der Waals surface area contributed by atoms with Gasteiger partial charge in [0.1, 0.15) is 0 Å². The Kier molecular flexibility index (Phi) is 5.00. The third kappa shape index (κ3) is 3.36. The van der Waals surface area contributed by atoms with Gasteiger partial charge in [-0.05, 0) is 51.1 Å². The van der Waals surface area contributed by atoms with Gasteiger partial charge in [0, 0.05) is 28.7 Å². The van der Waals surface area contributed by atoms with E-state index >= 15 is 0 Å². The molecule has 0 spiro atoms. The van der Waals surface area contributed by atoms with Crippen LogP contribution in [0, 0.1) is 6.92 Å². The van der Waals surface area contributed by atoms with Gasteiger partial charge < -0.3 is 9.72 Å². The second-order valence-electron chi connectivity index (χ2n) is 6.50. The first-order chi connectivity index (χ1) is 11.6. The molecule has 5 nitrogen and oxygen atoms in total. The summed E-state index contributed by atoms with van der Waals surface area (Å²) < 4.78 is 4.75. The number of ether oxygens (including phenoxy) is 1. The van der Waals surface area contributed by atoms with Crippen molar-refractivity contribution in [1.82, 2.24) is 9.88 Å². The number of nitrogens with zero attached hydrogens (tertiary/aromatic N) is 1. The molecule has 2 heterocycles. The lowest BCUT2D eigenvalue weighted by Gasteiger charge is -2.20. The highest BCUT2D eigenvalue weighted by Crippen LogP contribution is 2.17. The van der Waals surface area contributed by atoms with Gasteiger partial charge in [-0.25, -0.2) is 4.79 Å². The molecule has 1 fully saturated rings. The second-order valence-corrected chi connectivity index (χ2v) is 6.50. The topological polar surface area (TPSA) is 62.4 Å². The molecule has 0 bridgehead atoms. The SMILES string of the molecule is COC(=O)c1ccc2[nH]c(C)c(CN3CCCCCC3)c(=O)c2c1. The number of esters is 1. The third-order valence-corrected chi connectivity index (χ3v) is 4.81. The van der Waals surface area contributed by atoms with E-state index in [1.165, 1.54) is 32.8 Å². The monoisotopic (exact) mass is 328 g/mol. The first kappa shape index (κ1) is 16.7. The Morgan fingerprint density at radius 3 is 2.58 bits per heavy atom. The second kappa shape index (κ2) is 7.18. The van der Waals surface area contributed by atoms with Gasteiger partial charge in [-0.2, -0.15) is 0 Å². The van der Waals surface area contributed by atoms with Crippen LogP contribution in [-0.2, 0) is 11.3 Å². The van der Waals surface area contributed by atoms with E-state index in [9.17, 15) is 9.59 Å². The van der Waals surface area contributed by atoms with Crippen molar-refractivity contribution >= 4 is 16.9 Å². The fourth-order valence-corrected chi connectivity index (χ4v) is 3.40. The summed E-state index contributed by atoms with van der Waals surface area (Å²) in [5.41, 5.74) is 2.87. The van der Waals surface area contributed by atoms with Gasteiger partial charge in [-0.1, -0.05) is 12.8 Å². The number of hydrogen-bond acceptors (Lipinski definition) is 4. The standard InChI is InChI=1S/C19H24N2O3/c1-13-16(12-21-9-5-3-4-6-10-21)18(22)15-11-14(19(23)24-2)7-8-17(15)20-13/h7-8,11H,3-6,9-10,12H2,1-2H3,(H,20,22). The first-order valence-electron chi connectivity index (χ1n) is 8.56. The number of fused-ring (bicyclic) bond motifs is 1. The van der Waals surface area contributed by atoms with Crippen LogP contribution < -0.4 is 5.43 Å². The van der Waals surface area contributed by atoms with E-state index in [1.54, 1.807) is 18.2 Å². The molecule has 2 aromatic rings. The van der Waals surface area contributed by atoms with Crippen molar-refractivity contribution in [3.63, 3.8) is 0 Å². The van der Waals surface area contributed by atoms with Crippen molar-refractivity contribution in [1.29, 1.82) is 0 Å². The number of aromatic amines is 1. The number of likely N-dealkylation sites (tertiary alicyclic amines) is 1. The quantitative estimate of drug-likeness (QED) is 0.880. The molecule has 0 saturated carbocycles. The van der Waals surface area contributed by atoms with Crippen LogP contribution in [0.25, 0.3) is 10.9 Å². The van der Waals surface area contributed by atoms with Crippen LogP contribution in [0.4, 0.5) is 0 Å². The lowest BCUT2D eigenvalue weighted by molar-refractivity contribution is 0.0601. The van der Waals surface area contributed by atoms with Crippen LogP contribution in [0.15, 0.2) is 23.0 Å². The molecule has 0 unspecified atom stereocenters. The normalized spacial score (nSPS) is 16.1. The minimum atomic E-state index is -0.425. The average molecular weight is 328 g/mol. The number of aromatic nitrogens is 1. The number of carbonyl (C=O) groups is 1. The molecule has 1 aromatic heterocycles. The maximum absolute atomic E-state index is 13.0. The Morgan fingerprint density at radius 2 is 1.92 bits per heavy atom. The zero-order valence-electron chi connectivity index (χ0n) is 14.4. The summed E-state index contributed by atoms with van der Waals surface area (Å²) in [5.74, 6) is -0.425. The highest BCUT2D eigenvalue weighted by atomic mass is 16.5. The maximum atomic E-state index is 13.0. The van der Waals surface area contributed by atoms with E-state index < -0.39 is 5.97 Å². The third-order valence-electron chi connectivity index (χ3n) is 4.81. The highest BCUT2D eigenvalue weighted by Gasteiger charge is 2.16. The van der Waals surface area contributed by atoms with Crippen molar-refractivity contribution in [2.75, 3.05) is 20.2 Å². The Labute approximate surface area is 141 Å². The number of pyridine rings is 1. The number of H-pyrrole nitrogens is 1. The van der Waals surface area contributed by atoms with Crippen LogP contribution in [-0.4, -0.2) is 36.1 Å². The molecule has 1 aromatic carbocycles. The molecule has 0 aliphatic carbocycles. The summed E-state index contributed by atoms with van der Waals surface area (Å²) in [4.78, 5) is 30.4. The molecule has 1 aliphatic heterocycles. The van der Waals surface area contributed by atoms with Crippen molar-refractivity contribution in [3.8, 4) is 0 Å². The maximum Gasteiger partial charge on any atom is 0.337 e. The number of benzene rings is 1. The van der Waals surface area contributed by atoms with Crippen molar-refractivity contribution in [2.45, 2.75) is 39.2 Å². The Hall–Kier alpha value is -2.14. The molecule has 0 atom stereocenters. The molecule has 128 valence electrons. The molecule has 1 aliphatic rings. The fraction of sp³-hybridized carbons (Fsp3) is 0.474. The number of aryl methyl sites for hydroxylation is 1. The number of methoxy groups -OCH3 is 1. The highest BCUT2D eigenvalue weighted by molar-refractivity contribution is 5.94. The van der Waals surface area contributed by atoms with Gasteiger partial charge in [0.05, 0.1) is 12.7 Å². The molecular weight excluding hydrogens is 304 g/mol. The predicted octanol–water partition coefficient (Wildman–Crippen LogP) is 3.00. The summed E-state index contributed by atoms with van der Waals surface area (Å²) in [5, 5.41) is 0.549. The van der Waals surface area contributed by atoms with Crippen LogP contribution in [0.2, 0.25) is 0 Å². The fourth-order valence-electron chi connectivity index (χ4n) is 3.40. The summed E-state index contributed by atoms with van der Waals surface area (Å²) >= 11 is 0. The molecule has 1 N–H and O–H groups in total. The van der Waals surface area contributed by atoms with Crippen LogP contribution in [0.5, 0.6) is 0 Å². The van der Waals surface area contributed by atoms with Crippen LogP contribution in [0.1, 0.15) is 47.3 Å². The minimum absolute atomic E-state index is 0.0104. The molecule has 0 radical (unpaired) electrons. The summed E-state index contributed by atoms with van der Waals surface area (Å²) in [6, 6.07) is 5.08. The van der Waals surface area contributed by atoms with Gasteiger partial charge >= 0.3 is 5.97 Å². The zero-order valence-corrected chi connectivity index (χ0v) is 14.4. The van der Waals surface area contributed by atoms with Gasteiger partial charge in [0.15, 0.2) is 5.43 Å². The number of carbonyl (C=O) groups excluding carboxylic acids is 1. The van der Waals surface area contributed by atoms with Crippen molar-refractivity contribution in [3.05, 3.63) is 45.2 Å². The Bertz CT molecular complexity index is 802. The Morgan fingerprint density at radius 1 is 1.21 bits per heavy atom. The van der Waals surface area contributed by atoms with E-state index in [-0.39, 0.29) is 5.43 Å². The lowest BCUT2D eigenvalue weighted by atomic mass is 10.1. The Balaban J connectivity index is 2.00. The molecule has 24 heavy (non-hydrogen) atoms. The molecular formula is C19H24N2O3. The molecule has 0 amide bonds. The van der Waals surface area contributed by atoms with E-state index in [1.807, 2.05) is 6.92 Å². The summed E-state index contributed by atoms with van der Waals surface area (Å²) in [6.45, 7) is 4.69. The minimum Gasteiger partial charge on any atom is -0.465 e. The molecule has 5 heteroatoms. The predicted molar refractivity (Wildman–Crippen MR) is 94.4 cm³/mol. The average Bonchev–Trinajstić information content (AvgIpc) is 2.86. The van der Waals surface area contributed by atoms with Gasteiger partial charge in [0.25, 0.3) is 0 Å². The molecule has 1 saturated heterocycles. The smallest absolute Gasteiger partial charge is 0.337 e.